The number of carbonyl (C=O) groups excluding carboxylic acids is 1. The molecule has 1 aromatic rings. The fourth-order valence-electron chi connectivity index (χ4n) is 1.65. The van der Waals surface area contributed by atoms with E-state index in [9.17, 15) is 4.79 Å². The number of ether oxygens (including phenoxy) is 1. The highest BCUT2D eigenvalue weighted by atomic mass is 79.9. The summed E-state index contributed by atoms with van der Waals surface area (Å²) in [5, 5.41) is 2.92. The molecule has 3 nitrogen and oxygen atoms in total. The molecule has 1 fully saturated rings. The molecule has 1 aliphatic rings. The summed E-state index contributed by atoms with van der Waals surface area (Å²) in [6.07, 6.45) is 0.933. The van der Waals surface area contributed by atoms with Gasteiger partial charge in [0.15, 0.2) is 0 Å². The summed E-state index contributed by atoms with van der Waals surface area (Å²) in [7, 11) is 0. The smallest absolute Gasteiger partial charge is 0.251 e. The van der Waals surface area contributed by atoms with Crippen LogP contribution in [0.25, 0.3) is 0 Å². The Bertz CT molecular complexity index is 361. The number of hydrogen-bond donors (Lipinski definition) is 1. The molecule has 1 aromatic carbocycles. The Hall–Kier alpha value is -0.870. The SMILES string of the molecule is O=C(NCC1(Br)CCOC1)c1ccccc1. The maximum absolute atomic E-state index is 11.8. The van der Waals surface area contributed by atoms with E-state index in [2.05, 4.69) is 21.2 Å². The molecule has 1 amide bonds. The zero-order valence-corrected chi connectivity index (χ0v) is 10.5. The zero-order chi connectivity index (χ0) is 11.4. The van der Waals surface area contributed by atoms with Crippen LogP contribution in [0.3, 0.4) is 0 Å². The fourth-order valence-corrected chi connectivity index (χ4v) is 2.12. The van der Waals surface area contributed by atoms with E-state index in [-0.39, 0.29) is 10.2 Å². The first-order valence-electron chi connectivity index (χ1n) is 5.30. The van der Waals surface area contributed by atoms with Gasteiger partial charge in [0.2, 0.25) is 0 Å². The van der Waals surface area contributed by atoms with Crippen molar-refractivity contribution in [1.29, 1.82) is 0 Å². The molecular weight excluding hydrogens is 270 g/mol. The van der Waals surface area contributed by atoms with Gasteiger partial charge in [-0.3, -0.25) is 4.79 Å². The average molecular weight is 284 g/mol. The Labute approximate surface area is 103 Å². The summed E-state index contributed by atoms with van der Waals surface area (Å²) >= 11 is 3.61. The number of hydrogen-bond acceptors (Lipinski definition) is 2. The van der Waals surface area contributed by atoms with E-state index in [4.69, 9.17) is 4.74 Å². The van der Waals surface area contributed by atoms with Crippen molar-refractivity contribution in [3.8, 4) is 0 Å². The molecule has 0 aromatic heterocycles. The highest BCUT2D eigenvalue weighted by Gasteiger charge is 2.32. The number of amides is 1. The van der Waals surface area contributed by atoms with Gasteiger partial charge in [-0.15, -0.1) is 0 Å². The Balaban J connectivity index is 1.89. The topological polar surface area (TPSA) is 38.3 Å². The third-order valence-corrected chi connectivity index (χ3v) is 3.56. The number of benzene rings is 1. The highest BCUT2D eigenvalue weighted by molar-refractivity contribution is 9.10. The Morgan fingerprint density at radius 3 is 2.81 bits per heavy atom. The monoisotopic (exact) mass is 283 g/mol. The van der Waals surface area contributed by atoms with E-state index in [0.717, 1.165) is 13.0 Å². The molecule has 2 rings (SSSR count). The third-order valence-electron chi connectivity index (χ3n) is 2.66. The van der Waals surface area contributed by atoms with Crippen LogP contribution in [0.2, 0.25) is 0 Å². The van der Waals surface area contributed by atoms with E-state index in [1.54, 1.807) is 12.1 Å². The minimum Gasteiger partial charge on any atom is -0.380 e. The lowest BCUT2D eigenvalue weighted by Crippen LogP contribution is -2.38. The molecule has 1 aliphatic heterocycles. The van der Waals surface area contributed by atoms with Crippen LogP contribution in [0, 0.1) is 0 Å². The van der Waals surface area contributed by atoms with Gasteiger partial charge >= 0.3 is 0 Å². The average Bonchev–Trinajstić information content (AvgIpc) is 2.75. The summed E-state index contributed by atoms with van der Waals surface area (Å²) in [5.41, 5.74) is 0.692. The standard InChI is InChI=1S/C12H14BrNO2/c13-12(6-7-16-9-12)8-14-11(15)10-4-2-1-3-5-10/h1-5H,6-9H2,(H,14,15). The Morgan fingerprint density at radius 2 is 2.19 bits per heavy atom. The zero-order valence-electron chi connectivity index (χ0n) is 8.91. The molecule has 0 bridgehead atoms. The predicted octanol–water partition coefficient (Wildman–Crippen LogP) is 1.97. The molecule has 0 aliphatic carbocycles. The molecule has 0 saturated carbocycles. The molecule has 1 N–H and O–H groups in total. The minimum atomic E-state index is -0.0859. The summed E-state index contributed by atoms with van der Waals surface area (Å²) in [4.78, 5) is 11.8. The second-order valence-electron chi connectivity index (χ2n) is 4.00. The van der Waals surface area contributed by atoms with E-state index in [1.165, 1.54) is 0 Å². The van der Waals surface area contributed by atoms with Gasteiger partial charge < -0.3 is 10.1 Å². The normalized spacial score (nSPS) is 24.3. The lowest BCUT2D eigenvalue weighted by Gasteiger charge is -2.19. The molecule has 86 valence electrons. The molecule has 1 unspecified atom stereocenters. The highest BCUT2D eigenvalue weighted by Crippen LogP contribution is 2.27. The predicted molar refractivity (Wildman–Crippen MR) is 65.9 cm³/mol. The first kappa shape index (κ1) is 11.6. The van der Waals surface area contributed by atoms with Gasteiger partial charge in [0.1, 0.15) is 0 Å². The largest absolute Gasteiger partial charge is 0.380 e. The van der Waals surface area contributed by atoms with Crippen molar-refractivity contribution in [2.24, 2.45) is 0 Å². The quantitative estimate of drug-likeness (QED) is 0.862. The van der Waals surface area contributed by atoms with Crippen molar-refractivity contribution in [2.75, 3.05) is 19.8 Å². The summed E-state index contributed by atoms with van der Waals surface area (Å²) in [6, 6.07) is 9.23. The lowest BCUT2D eigenvalue weighted by atomic mass is 10.1. The molecule has 1 heterocycles. The number of alkyl halides is 1. The van der Waals surface area contributed by atoms with Crippen LogP contribution in [0.4, 0.5) is 0 Å². The number of halogens is 1. The van der Waals surface area contributed by atoms with Gasteiger partial charge in [-0.25, -0.2) is 0 Å². The molecule has 0 radical (unpaired) electrons. The molecular formula is C12H14BrNO2. The number of rotatable bonds is 3. The Morgan fingerprint density at radius 1 is 1.44 bits per heavy atom. The molecule has 1 saturated heterocycles. The van der Waals surface area contributed by atoms with Crippen LogP contribution in [0.5, 0.6) is 0 Å². The molecule has 1 atom stereocenters. The number of carbonyl (C=O) groups is 1. The molecule has 0 spiro atoms. The first-order valence-corrected chi connectivity index (χ1v) is 6.09. The van der Waals surface area contributed by atoms with Crippen LogP contribution in [0.1, 0.15) is 16.8 Å². The Kier molecular flexibility index (Phi) is 3.61. The fraction of sp³-hybridized carbons (Fsp3) is 0.417. The van der Waals surface area contributed by atoms with Gasteiger partial charge in [-0.1, -0.05) is 34.1 Å². The summed E-state index contributed by atoms with van der Waals surface area (Å²) in [5.74, 6) is -0.0358. The van der Waals surface area contributed by atoms with E-state index in [1.807, 2.05) is 18.2 Å². The van der Waals surface area contributed by atoms with Crippen molar-refractivity contribution in [2.45, 2.75) is 10.7 Å². The summed E-state index contributed by atoms with van der Waals surface area (Å²) in [6.45, 7) is 2.01. The maximum atomic E-state index is 11.8. The van der Waals surface area contributed by atoms with Gasteiger partial charge in [-0.05, 0) is 18.6 Å². The summed E-state index contributed by atoms with van der Waals surface area (Å²) < 4.78 is 5.21. The maximum Gasteiger partial charge on any atom is 0.251 e. The van der Waals surface area contributed by atoms with Gasteiger partial charge in [0, 0.05) is 18.7 Å². The lowest BCUT2D eigenvalue weighted by molar-refractivity contribution is 0.0948. The molecule has 4 heteroatoms. The van der Waals surface area contributed by atoms with Crippen molar-refractivity contribution >= 4 is 21.8 Å². The van der Waals surface area contributed by atoms with Crippen LogP contribution in [-0.4, -0.2) is 30.0 Å². The molecule has 16 heavy (non-hydrogen) atoms. The van der Waals surface area contributed by atoms with Gasteiger partial charge in [-0.2, -0.15) is 0 Å². The van der Waals surface area contributed by atoms with Crippen LogP contribution in [0.15, 0.2) is 30.3 Å². The van der Waals surface area contributed by atoms with Crippen LogP contribution >= 0.6 is 15.9 Å². The van der Waals surface area contributed by atoms with E-state index < -0.39 is 0 Å². The van der Waals surface area contributed by atoms with Crippen molar-refractivity contribution in [3.05, 3.63) is 35.9 Å². The van der Waals surface area contributed by atoms with E-state index >= 15 is 0 Å². The van der Waals surface area contributed by atoms with Gasteiger partial charge in [0.05, 0.1) is 10.9 Å². The van der Waals surface area contributed by atoms with Crippen LogP contribution < -0.4 is 5.32 Å². The van der Waals surface area contributed by atoms with Gasteiger partial charge in [0.25, 0.3) is 5.91 Å². The second-order valence-corrected chi connectivity index (χ2v) is 5.68. The van der Waals surface area contributed by atoms with Crippen LogP contribution in [-0.2, 0) is 4.74 Å². The van der Waals surface area contributed by atoms with E-state index in [0.29, 0.717) is 18.7 Å². The third kappa shape index (κ3) is 2.83. The van der Waals surface area contributed by atoms with Crippen molar-refractivity contribution < 1.29 is 9.53 Å². The van der Waals surface area contributed by atoms with Crippen molar-refractivity contribution in [1.82, 2.24) is 5.32 Å². The number of nitrogens with one attached hydrogen (secondary N) is 1. The second kappa shape index (κ2) is 4.97. The first-order chi connectivity index (χ1) is 7.70. The minimum absolute atomic E-state index is 0.0358. The van der Waals surface area contributed by atoms with Crippen molar-refractivity contribution in [3.63, 3.8) is 0 Å².